The molecular formula is C77H70N2. The third kappa shape index (κ3) is 10.3. The number of nitrogens with zero attached hydrogens (tertiary/aromatic N) is 1. The molecule has 1 aliphatic heterocycles. The molecule has 8 aromatic rings. The number of para-hydroxylation sites is 1. The Hall–Kier alpha value is -9.24. The van der Waals surface area contributed by atoms with Crippen molar-refractivity contribution in [2.75, 3.05) is 10.2 Å². The second-order valence-electron chi connectivity index (χ2n) is 19.5. The molecule has 2 unspecified atom stereocenters. The van der Waals surface area contributed by atoms with Gasteiger partial charge in [0, 0.05) is 34.5 Å². The first kappa shape index (κ1) is 53.2. The van der Waals surface area contributed by atoms with Gasteiger partial charge in [0.15, 0.2) is 0 Å². The summed E-state index contributed by atoms with van der Waals surface area (Å²) >= 11 is 0. The monoisotopic (exact) mass is 1020 g/mol. The highest BCUT2D eigenvalue weighted by atomic mass is 15.1. The van der Waals surface area contributed by atoms with E-state index in [0.29, 0.717) is 0 Å². The van der Waals surface area contributed by atoms with E-state index in [1.807, 2.05) is 45.9 Å². The molecule has 1 N–H and O–H groups in total. The van der Waals surface area contributed by atoms with E-state index in [2.05, 4.69) is 284 Å². The zero-order chi connectivity index (χ0) is 54.6. The average Bonchev–Trinajstić information content (AvgIpc) is 3.37. The summed E-state index contributed by atoms with van der Waals surface area (Å²) in [5, 5.41) is 3.78. The minimum atomic E-state index is -0.351. The smallest absolute Gasteiger partial charge is 0.0525 e. The fourth-order valence-electron chi connectivity index (χ4n) is 12.2. The van der Waals surface area contributed by atoms with Gasteiger partial charge in [-0.05, 0) is 157 Å². The van der Waals surface area contributed by atoms with Crippen LogP contribution in [0.2, 0.25) is 0 Å². The van der Waals surface area contributed by atoms with Gasteiger partial charge in [-0.25, -0.2) is 0 Å². The topological polar surface area (TPSA) is 15.3 Å². The lowest BCUT2D eigenvalue weighted by Gasteiger charge is -2.42. The van der Waals surface area contributed by atoms with E-state index >= 15 is 0 Å². The van der Waals surface area contributed by atoms with Crippen LogP contribution >= 0.6 is 0 Å². The van der Waals surface area contributed by atoms with Crippen molar-refractivity contribution in [3.8, 4) is 33.4 Å². The number of fused-ring (bicyclic) bond motifs is 5. The molecule has 79 heavy (non-hydrogen) atoms. The van der Waals surface area contributed by atoms with Crippen molar-refractivity contribution in [3.05, 3.63) is 331 Å². The lowest BCUT2D eigenvalue weighted by Crippen LogP contribution is -2.37. The van der Waals surface area contributed by atoms with Gasteiger partial charge in [-0.15, -0.1) is 0 Å². The number of nitrogens with one attached hydrogen (secondary N) is 1. The predicted molar refractivity (Wildman–Crippen MR) is 343 cm³/mol. The first-order chi connectivity index (χ1) is 39.1. The third-order valence-corrected chi connectivity index (χ3v) is 15.5. The number of rotatable bonds is 11. The average molecular weight is 1020 g/mol. The van der Waals surface area contributed by atoms with Gasteiger partial charge < -0.3 is 10.2 Å². The van der Waals surface area contributed by atoms with Crippen molar-refractivity contribution in [1.82, 2.24) is 0 Å². The summed E-state index contributed by atoms with van der Waals surface area (Å²) in [4.78, 5) is 2.32. The largest absolute Gasteiger partial charge is 0.361 e. The molecule has 0 spiro atoms. The van der Waals surface area contributed by atoms with Crippen LogP contribution in [0.15, 0.2) is 309 Å². The Balaban J connectivity index is 0.00000172. The van der Waals surface area contributed by atoms with Gasteiger partial charge in [0.1, 0.15) is 0 Å². The van der Waals surface area contributed by atoms with E-state index < -0.39 is 0 Å². The summed E-state index contributed by atoms with van der Waals surface area (Å²) in [6.07, 6.45) is 29.9. The zero-order valence-electron chi connectivity index (χ0n) is 46.1. The maximum atomic E-state index is 4.20. The van der Waals surface area contributed by atoms with Crippen LogP contribution in [-0.4, -0.2) is 0 Å². The van der Waals surface area contributed by atoms with Crippen LogP contribution in [0.4, 0.5) is 22.7 Å². The highest BCUT2D eigenvalue weighted by Crippen LogP contribution is 2.61. The molecule has 2 nitrogen and oxygen atoms in total. The summed E-state index contributed by atoms with van der Waals surface area (Å²) in [5.74, 6) is 0.256. The van der Waals surface area contributed by atoms with Gasteiger partial charge in [0.25, 0.3) is 0 Å². The molecule has 388 valence electrons. The Morgan fingerprint density at radius 2 is 1.05 bits per heavy atom. The molecule has 12 rings (SSSR count). The van der Waals surface area contributed by atoms with Gasteiger partial charge in [-0.1, -0.05) is 265 Å². The molecule has 4 aliphatic rings. The van der Waals surface area contributed by atoms with Crippen LogP contribution < -0.4 is 10.2 Å². The molecule has 0 amide bonds. The molecule has 2 atom stereocenters. The van der Waals surface area contributed by atoms with Crippen LogP contribution in [0.25, 0.3) is 50.1 Å². The molecule has 0 aromatic heterocycles. The Morgan fingerprint density at radius 1 is 0.494 bits per heavy atom. The SMILES string of the molecule is C=C/C(=C(\C=C)c1ccc(N(c2ccccc2)c2ccc(-c3ccccc3-c3ccc4c(c3)N/C=C/C=C\C3=C(C5=C(C=CCC5)C3(c3ccccc3)C3C=CC=CC3)c3ccccc3-4)cc2)cc1)c1ccccc1.CC.CC. The molecule has 0 saturated carbocycles. The third-order valence-electron chi connectivity index (χ3n) is 15.5. The summed E-state index contributed by atoms with van der Waals surface area (Å²) in [7, 11) is 0. The van der Waals surface area contributed by atoms with Gasteiger partial charge in [-0.2, -0.15) is 0 Å². The van der Waals surface area contributed by atoms with Crippen molar-refractivity contribution in [1.29, 1.82) is 0 Å². The quantitative estimate of drug-likeness (QED) is 0.103. The molecule has 0 fully saturated rings. The number of hydrogen-bond acceptors (Lipinski definition) is 2. The Kier molecular flexibility index (Phi) is 16.7. The second-order valence-corrected chi connectivity index (χ2v) is 19.5. The highest BCUT2D eigenvalue weighted by Gasteiger charge is 2.51. The summed E-state index contributed by atoms with van der Waals surface area (Å²) in [6.45, 7) is 16.4. The van der Waals surface area contributed by atoms with Gasteiger partial charge in [0.05, 0.1) is 5.41 Å². The number of anilines is 4. The Bertz CT molecular complexity index is 3710. The summed E-state index contributed by atoms with van der Waals surface area (Å²) < 4.78 is 0. The minimum Gasteiger partial charge on any atom is -0.361 e. The van der Waals surface area contributed by atoms with Crippen molar-refractivity contribution in [2.24, 2.45) is 5.92 Å². The molecule has 1 heterocycles. The van der Waals surface area contributed by atoms with Crippen LogP contribution in [-0.2, 0) is 5.41 Å². The van der Waals surface area contributed by atoms with E-state index in [-0.39, 0.29) is 11.3 Å². The molecule has 0 bridgehead atoms. The van der Waals surface area contributed by atoms with Crippen LogP contribution in [0.3, 0.4) is 0 Å². The normalized spacial score (nSPS) is 17.7. The van der Waals surface area contributed by atoms with Gasteiger partial charge in [0.2, 0.25) is 0 Å². The van der Waals surface area contributed by atoms with Crippen molar-refractivity contribution < 1.29 is 0 Å². The maximum Gasteiger partial charge on any atom is 0.0525 e. The van der Waals surface area contributed by atoms with Crippen LogP contribution in [0.5, 0.6) is 0 Å². The molecule has 8 aromatic carbocycles. The van der Waals surface area contributed by atoms with E-state index in [0.717, 1.165) is 75.4 Å². The Morgan fingerprint density at radius 3 is 1.70 bits per heavy atom. The van der Waals surface area contributed by atoms with Gasteiger partial charge in [-0.3, -0.25) is 0 Å². The highest BCUT2D eigenvalue weighted by molar-refractivity contribution is 6.01. The Labute approximate surface area is 470 Å². The number of allylic oxidation sites excluding steroid dienone is 17. The molecule has 0 radical (unpaired) electrons. The predicted octanol–water partition coefficient (Wildman–Crippen LogP) is 21.5. The lowest BCUT2D eigenvalue weighted by atomic mass is 9.60. The van der Waals surface area contributed by atoms with E-state index in [1.54, 1.807) is 0 Å². The molecule has 3 aliphatic carbocycles. The van der Waals surface area contributed by atoms with Crippen molar-refractivity contribution in [2.45, 2.75) is 52.4 Å². The standard InChI is InChI=1S/C73H58N2.2C2H6/c1-3-61(52-25-9-5-10-26-52)62(4-2)53-40-45-59(46-41-53)75(58-31-15-8-16-32-58)60-47-42-54(43-48-60)63-33-17-18-34-64(63)55-44-49-66-65-35-19-20-36-67(65)72-68-37-21-22-38-69(68)73(56-27-11-6-12-28-56,57-29-13-7-14-30-57)70(72)39-23-24-50-74-71(66)51-55;2*1-2/h3-20,22-29,31-36,38-51,57,74H,1-2,21,30,37H2;2*1-2H3/b39-23-,50-24+,62-61-;;. The zero-order valence-corrected chi connectivity index (χ0v) is 46.1. The van der Waals surface area contributed by atoms with Gasteiger partial charge >= 0.3 is 0 Å². The minimum absolute atomic E-state index is 0.256. The van der Waals surface area contributed by atoms with E-state index in [9.17, 15) is 0 Å². The van der Waals surface area contributed by atoms with Crippen LogP contribution in [0.1, 0.15) is 69.2 Å². The number of benzene rings is 8. The fraction of sp³-hybridized carbons (Fsp3) is 0.117. The van der Waals surface area contributed by atoms with E-state index in [4.69, 9.17) is 0 Å². The second kappa shape index (κ2) is 24.8. The van der Waals surface area contributed by atoms with E-state index in [1.165, 1.54) is 55.7 Å². The lowest BCUT2D eigenvalue weighted by molar-refractivity contribution is 0.450. The van der Waals surface area contributed by atoms with Crippen molar-refractivity contribution >= 4 is 39.5 Å². The van der Waals surface area contributed by atoms with Crippen LogP contribution in [0, 0.1) is 5.92 Å². The van der Waals surface area contributed by atoms with Crippen molar-refractivity contribution in [3.63, 3.8) is 0 Å². The fourth-order valence-corrected chi connectivity index (χ4v) is 12.2. The first-order valence-electron chi connectivity index (χ1n) is 28.2. The summed E-state index contributed by atoms with van der Waals surface area (Å²) in [6, 6.07) is 74.8. The molecular weight excluding hydrogens is 953 g/mol. The first-order valence-corrected chi connectivity index (χ1v) is 28.2. The molecule has 2 heteroatoms. The molecule has 0 saturated heterocycles. The maximum absolute atomic E-state index is 4.20. The number of hydrogen-bond donors (Lipinski definition) is 1. The summed E-state index contributed by atoms with van der Waals surface area (Å²) in [5.41, 5.74) is 23.5.